The molecule has 2 aromatic carbocycles. The third-order valence-corrected chi connectivity index (χ3v) is 4.74. The second-order valence-electron chi connectivity index (χ2n) is 4.57. The van der Waals surface area contributed by atoms with E-state index in [0.717, 1.165) is 20.9 Å². The van der Waals surface area contributed by atoms with Crippen molar-refractivity contribution in [1.29, 1.82) is 0 Å². The van der Waals surface area contributed by atoms with E-state index in [9.17, 15) is 4.79 Å². The molecular weight excluding hydrogens is 382 g/mol. The average Bonchev–Trinajstić information content (AvgIpc) is 2.48. The van der Waals surface area contributed by atoms with Gasteiger partial charge < -0.3 is 5.32 Å². The summed E-state index contributed by atoms with van der Waals surface area (Å²) in [5.41, 5.74) is 4.02. The summed E-state index contributed by atoms with van der Waals surface area (Å²) in [6.45, 7) is 2.50. The van der Waals surface area contributed by atoms with E-state index < -0.39 is 0 Å². The molecule has 0 atom stereocenters. The van der Waals surface area contributed by atoms with Crippen LogP contribution in [0.25, 0.3) is 0 Å². The lowest BCUT2D eigenvalue weighted by Crippen LogP contribution is -2.23. The van der Waals surface area contributed by atoms with Gasteiger partial charge in [0, 0.05) is 16.3 Å². The highest BCUT2D eigenvalue weighted by Gasteiger charge is 2.10. The SMILES string of the molecule is Cc1cccc(C(=O)NCc2cccc(CBr)c2)c1Br. The Hall–Kier alpha value is -1.13. The molecule has 2 nitrogen and oxygen atoms in total. The van der Waals surface area contributed by atoms with Crippen LogP contribution in [0, 0.1) is 6.92 Å². The molecule has 0 bridgehead atoms. The molecule has 104 valence electrons. The molecule has 0 aromatic heterocycles. The molecule has 0 aliphatic rings. The maximum Gasteiger partial charge on any atom is 0.252 e. The first kappa shape index (κ1) is 15.3. The molecule has 2 rings (SSSR count). The largest absolute Gasteiger partial charge is 0.348 e. The molecule has 0 aliphatic carbocycles. The van der Waals surface area contributed by atoms with Crippen LogP contribution in [0.15, 0.2) is 46.9 Å². The predicted octanol–water partition coefficient (Wildman–Crippen LogP) is 4.58. The molecule has 0 spiro atoms. The van der Waals surface area contributed by atoms with Crippen LogP contribution in [0.2, 0.25) is 0 Å². The monoisotopic (exact) mass is 395 g/mol. The van der Waals surface area contributed by atoms with Crippen LogP contribution < -0.4 is 5.32 Å². The van der Waals surface area contributed by atoms with E-state index in [-0.39, 0.29) is 5.91 Å². The van der Waals surface area contributed by atoms with Gasteiger partial charge in [0.25, 0.3) is 5.91 Å². The molecular formula is C16H15Br2NO. The number of nitrogens with one attached hydrogen (secondary N) is 1. The normalized spacial score (nSPS) is 10.3. The van der Waals surface area contributed by atoms with Gasteiger partial charge in [0.05, 0.1) is 5.56 Å². The lowest BCUT2D eigenvalue weighted by molar-refractivity contribution is 0.0950. The fourth-order valence-corrected chi connectivity index (χ4v) is 2.72. The van der Waals surface area contributed by atoms with E-state index >= 15 is 0 Å². The molecule has 2 aromatic rings. The molecule has 0 aliphatic heterocycles. The number of alkyl halides is 1. The number of rotatable bonds is 4. The molecule has 0 saturated heterocycles. The number of halogens is 2. The quantitative estimate of drug-likeness (QED) is 0.752. The van der Waals surface area contributed by atoms with E-state index in [1.807, 2.05) is 37.3 Å². The van der Waals surface area contributed by atoms with E-state index in [4.69, 9.17) is 0 Å². The summed E-state index contributed by atoms with van der Waals surface area (Å²) in [6, 6.07) is 13.8. The number of hydrogen-bond donors (Lipinski definition) is 1. The number of hydrogen-bond acceptors (Lipinski definition) is 1. The highest BCUT2D eigenvalue weighted by atomic mass is 79.9. The van der Waals surface area contributed by atoms with Gasteiger partial charge in [-0.15, -0.1) is 0 Å². The third-order valence-electron chi connectivity index (χ3n) is 3.04. The van der Waals surface area contributed by atoms with Crippen molar-refractivity contribution in [3.8, 4) is 0 Å². The van der Waals surface area contributed by atoms with Gasteiger partial charge in [0.15, 0.2) is 0 Å². The molecule has 20 heavy (non-hydrogen) atoms. The highest BCUT2D eigenvalue weighted by Crippen LogP contribution is 2.21. The Morgan fingerprint density at radius 2 is 1.85 bits per heavy atom. The third kappa shape index (κ3) is 3.70. The van der Waals surface area contributed by atoms with E-state index in [1.165, 1.54) is 5.56 Å². The summed E-state index contributed by atoms with van der Waals surface area (Å²) in [5.74, 6) is -0.0650. The van der Waals surface area contributed by atoms with Crippen LogP contribution in [-0.2, 0) is 11.9 Å². The summed E-state index contributed by atoms with van der Waals surface area (Å²) in [4.78, 5) is 12.2. The van der Waals surface area contributed by atoms with Crippen molar-refractivity contribution in [2.75, 3.05) is 0 Å². The van der Waals surface area contributed by atoms with E-state index in [1.54, 1.807) is 0 Å². The van der Waals surface area contributed by atoms with Crippen LogP contribution in [0.4, 0.5) is 0 Å². The molecule has 0 unspecified atom stereocenters. The smallest absolute Gasteiger partial charge is 0.252 e. The Labute approximate surface area is 135 Å². The maximum atomic E-state index is 12.2. The number of amides is 1. The van der Waals surface area contributed by atoms with Gasteiger partial charge in [-0.2, -0.15) is 0 Å². The number of carbonyl (C=O) groups excluding carboxylic acids is 1. The minimum Gasteiger partial charge on any atom is -0.348 e. The van der Waals surface area contributed by atoms with Crippen LogP contribution in [0.3, 0.4) is 0 Å². The van der Waals surface area contributed by atoms with Gasteiger partial charge >= 0.3 is 0 Å². The fourth-order valence-electron chi connectivity index (χ4n) is 1.92. The van der Waals surface area contributed by atoms with Gasteiger partial charge in [-0.25, -0.2) is 0 Å². The van der Waals surface area contributed by atoms with Gasteiger partial charge in [-0.1, -0.05) is 52.3 Å². The number of carbonyl (C=O) groups is 1. The minimum absolute atomic E-state index is 0.0650. The Morgan fingerprint density at radius 1 is 1.15 bits per heavy atom. The van der Waals surface area contributed by atoms with Gasteiger partial charge in [-0.3, -0.25) is 4.79 Å². The summed E-state index contributed by atoms with van der Waals surface area (Å²) in [6.07, 6.45) is 0. The van der Waals surface area contributed by atoms with Gasteiger partial charge in [0.2, 0.25) is 0 Å². The molecule has 4 heteroatoms. The minimum atomic E-state index is -0.0650. The molecule has 1 N–H and O–H groups in total. The second-order valence-corrected chi connectivity index (χ2v) is 5.93. The zero-order chi connectivity index (χ0) is 14.5. The Balaban J connectivity index is 2.06. The van der Waals surface area contributed by atoms with E-state index in [2.05, 4.69) is 49.3 Å². The molecule has 0 saturated carbocycles. The van der Waals surface area contributed by atoms with Crippen molar-refractivity contribution in [2.45, 2.75) is 18.8 Å². The first-order valence-electron chi connectivity index (χ1n) is 6.29. The van der Waals surface area contributed by atoms with E-state index in [0.29, 0.717) is 12.1 Å². The Morgan fingerprint density at radius 3 is 2.60 bits per heavy atom. The summed E-state index contributed by atoms with van der Waals surface area (Å²) in [7, 11) is 0. The lowest BCUT2D eigenvalue weighted by atomic mass is 10.1. The first-order chi connectivity index (χ1) is 9.61. The summed E-state index contributed by atoms with van der Waals surface area (Å²) >= 11 is 6.90. The van der Waals surface area contributed by atoms with Crippen molar-refractivity contribution in [2.24, 2.45) is 0 Å². The van der Waals surface area contributed by atoms with Crippen molar-refractivity contribution < 1.29 is 4.79 Å². The van der Waals surface area contributed by atoms with Crippen LogP contribution >= 0.6 is 31.9 Å². The van der Waals surface area contributed by atoms with Crippen molar-refractivity contribution in [3.05, 3.63) is 69.2 Å². The topological polar surface area (TPSA) is 29.1 Å². The van der Waals surface area contributed by atoms with Crippen molar-refractivity contribution in [1.82, 2.24) is 5.32 Å². The maximum absolute atomic E-state index is 12.2. The van der Waals surface area contributed by atoms with Crippen molar-refractivity contribution in [3.63, 3.8) is 0 Å². The van der Waals surface area contributed by atoms with Crippen molar-refractivity contribution >= 4 is 37.8 Å². The predicted molar refractivity (Wildman–Crippen MR) is 89.1 cm³/mol. The second kappa shape index (κ2) is 7.04. The fraction of sp³-hybridized carbons (Fsp3) is 0.188. The zero-order valence-corrected chi connectivity index (χ0v) is 14.3. The highest BCUT2D eigenvalue weighted by molar-refractivity contribution is 9.10. The summed E-state index contributed by atoms with van der Waals surface area (Å²) in [5, 5.41) is 3.77. The molecule has 0 radical (unpaired) electrons. The average molecular weight is 397 g/mol. The standard InChI is InChI=1S/C16H15Br2NO/c1-11-4-2-7-14(15(11)18)16(20)19-10-13-6-3-5-12(8-13)9-17/h2-8H,9-10H2,1H3,(H,19,20). The van der Waals surface area contributed by atoms with Crippen LogP contribution in [0.5, 0.6) is 0 Å². The zero-order valence-electron chi connectivity index (χ0n) is 11.1. The van der Waals surface area contributed by atoms with Gasteiger partial charge in [-0.05, 0) is 45.6 Å². The molecule has 0 fully saturated rings. The van der Waals surface area contributed by atoms with Crippen LogP contribution in [-0.4, -0.2) is 5.91 Å². The number of aryl methyl sites for hydroxylation is 1. The Bertz CT molecular complexity index is 626. The molecule has 0 heterocycles. The number of benzene rings is 2. The van der Waals surface area contributed by atoms with Gasteiger partial charge in [0.1, 0.15) is 0 Å². The summed E-state index contributed by atoms with van der Waals surface area (Å²) < 4.78 is 0.853. The van der Waals surface area contributed by atoms with Crippen LogP contribution in [0.1, 0.15) is 27.0 Å². The first-order valence-corrected chi connectivity index (χ1v) is 8.20. The Kier molecular flexibility index (Phi) is 5.38. The molecule has 1 amide bonds. The lowest BCUT2D eigenvalue weighted by Gasteiger charge is -2.09.